The van der Waals surface area contributed by atoms with Gasteiger partial charge in [0, 0.05) is 5.92 Å². The fraction of sp³-hybridized carbons (Fsp3) is 0.800. The largest absolute Gasteiger partial charge is 0.480 e. The fourth-order valence-electron chi connectivity index (χ4n) is 0.663. The van der Waals surface area contributed by atoms with Crippen molar-refractivity contribution in [3.8, 4) is 0 Å². The number of hydrogen-bond acceptors (Lipinski definition) is 3. The van der Waals surface area contributed by atoms with E-state index in [2.05, 4.69) is 0 Å². The van der Waals surface area contributed by atoms with Crippen molar-refractivity contribution in [2.24, 2.45) is 11.7 Å². The molecular formula is C5H9NO3. The van der Waals surface area contributed by atoms with Crippen LogP contribution in [0.4, 0.5) is 0 Å². The molecule has 4 nitrogen and oxygen atoms in total. The summed E-state index contributed by atoms with van der Waals surface area (Å²) in [5, 5.41) is 8.34. The third-order valence-electron chi connectivity index (χ3n) is 1.46. The van der Waals surface area contributed by atoms with Crippen LogP contribution in [0.3, 0.4) is 0 Å². The molecule has 0 aromatic carbocycles. The summed E-state index contributed by atoms with van der Waals surface area (Å²) < 4.78 is 4.76. The van der Waals surface area contributed by atoms with E-state index in [1.54, 1.807) is 0 Å². The molecule has 1 aliphatic rings. The summed E-state index contributed by atoms with van der Waals surface area (Å²) >= 11 is 0. The number of aliphatic carboxylic acids is 1. The van der Waals surface area contributed by atoms with E-state index < -0.39 is 12.0 Å². The highest BCUT2D eigenvalue weighted by atomic mass is 16.5. The zero-order valence-corrected chi connectivity index (χ0v) is 4.91. The van der Waals surface area contributed by atoms with E-state index in [-0.39, 0.29) is 5.92 Å². The third-order valence-corrected chi connectivity index (χ3v) is 1.46. The molecule has 0 unspecified atom stereocenters. The maximum atomic E-state index is 10.2. The van der Waals surface area contributed by atoms with E-state index in [1.807, 2.05) is 0 Å². The maximum absolute atomic E-state index is 10.2. The molecule has 0 amide bonds. The van der Waals surface area contributed by atoms with Crippen LogP contribution in [0.1, 0.15) is 0 Å². The van der Waals surface area contributed by atoms with Crippen LogP contribution in [-0.2, 0) is 9.53 Å². The first kappa shape index (κ1) is 6.51. The van der Waals surface area contributed by atoms with Crippen LogP contribution in [0.25, 0.3) is 0 Å². The number of carboxylic acid groups (broad SMARTS) is 1. The molecule has 0 bridgehead atoms. The van der Waals surface area contributed by atoms with Crippen LogP contribution >= 0.6 is 0 Å². The molecule has 9 heavy (non-hydrogen) atoms. The molecule has 0 saturated carbocycles. The lowest BCUT2D eigenvalue weighted by Gasteiger charge is -2.28. The second-order valence-corrected chi connectivity index (χ2v) is 2.16. The summed E-state index contributed by atoms with van der Waals surface area (Å²) in [6, 6.07) is -0.737. The Morgan fingerprint density at radius 1 is 1.78 bits per heavy atom. The second-order valence-electron chi connectivity index (χ2n) is 2.16. The maximum Gasteiger partial charge on any atom is 0.320 e. The number of carbonyl (C=O) groups is 1. The van der Waals surface area contributed by atoms with Gasteiger partial charge in [-0.2, -0.15) is 0 Å². The van der Waals surface area contributed by atoms with Crippen LogP contribution in [0.2, 0.25) is 0 Å². The van der Waals surface area contributed by atoms with Crippen molar-refractivity contribution in [2.75, 3.05) is 13.2 Å². The number of ether oxygens (including phenoxy) is 1. The Hall–Kier alpha value is -0.610. The Morgan fingerprint density at radius 2 is 2.33 bits per heavy atom. The average Bonchev–Trinajstić information content (AvgIpc) is 1.60. The lowest BCUT2D eigenvalue weighted by Crippen LogP contribution is -2.47. The number of nitrogens with two attached hydrogens (primary N) is 1. The fourth-order valence-corrected chi connectivity index (χ4v) is 0.663. The average molecular weight is 131 g/mol. The zero-order chi connectivity index (χ0) is 6.85. The van der Waals surface area contributed by atoms with Crippen molar-refractivity contribution in [3.05, 3.63) is 0 Å². The van der Waals surface area contributed by atoms with Gasteiger partial charge in [-0.1, -0.05) is 0 Å². The second kappa shape index (κ2) is 2.33. The summed E-state index contributed by atoms with van der Waals surface area (Å²) in [6.07, 6.45) is 0. The van der Waals surface area contributed by atoms with Crippen molar-refractivity contribution >= 4 is 5.97 Å². The molecule has 0 aliphatic carbocycles. The van der Waals surface area contributed by atoms with E-state index in [0.717, 1.165) is 0 Å². The van der Waals surface area contributed by atoms with E-state index in [4.69, 9.17) is 15.6 Å². The van der Waals surface area contributed by atoms with Gasteiger partial charge in [0.1, 0.15) is 6.04 Å². The summed E-state index contributed by atoms with van der Waals surface area (Å²) in [5.41, 5.74) is 5.24. The van der Waals surface area contributed by atoms with Gasteiger partial charge >= 0.3 is 5.97 Å². The van der Waals surface area contributed by atoms with Gasteiger partial charge in [-0.15, -0.1) is 0 Å². The van der Waals surface area contributed by atoms with Crippen molar-refractivity contribution in [2.45, 2.75) is 6.04 Å². The highest BCUT2D eigenvalue weighted by Gasteiger charge is 2.30. The van der Waals surface area contributed by atoms with Crippen molar-refractivity contribution in [1.29, 1.82) is 0 Å². The number of carboxylic acids is 1. The first-order chi connectivity index (χ1) is 4.22. The number of hydrogen-bond donors (Lipinski definition) is 2. The molecule has 1 saturated heterocycles. The topological polar surface area (TPSA) is 72.6 Å². The highest BCUT2D eigenvalue weighted by Crippen LogP contribution is 2.12. The molecule has 0 aromatic heterocycles. The van der Waals surface area contributed by atoms with E-state index in [1.165, 1.54) is 0 Å². The smallest absolute Gasteiger partial charge is 0.320 e. The standard InChI is InChI=1S/C5H9NO3/c6-4(5(7)8)3-1-9-2-3/h3-4H,1-2,6H2,(H,7,8)/t4-/m0/s1. The zero-order valence-electron chi connectivity index (χ0n) is 4.91. The van der Waals surface area contributed by atoms with Crippen molar-refractivity contribution in [3.63, 3.8) is 0 Å². The van der Waals surface area contributed by atoms with Gasteiger partial charge in [-0.25, -0.2) is 0 Å². The first-order valence-corrected chi connectivity index (χ1v) is 2.78. The molecule has 1 heterocycles. The SMILES string of the molecule is N[C@H](C(=O)O)C1COC1. The molecule has 1 aliphatic heterocycles. The summed E-state index contributed by atoms with van der Waals surface area (Å²) in [4.78, 5) is 10.2. The Kier molecular flexibility index (Phi) is 1.68. The molecule has 1 atom stereocenters. The Balaban J connectivity index is 2.32. The molecule has 4 heteroatoms. The van der Waals surface area contributed by atoms with E-state index in [0.29, 0.717) is 13.2 Å². The highest BCUT2D eigenvalue weighted by molar-refractivity contribution is 5.73. The van der Waals surface area contributed by atoms with Gasteiger partial charge in [0.25, 0.3) is 0 Å². The van der Waals surface area contributed by atoms with Crippen molar-refractivity contribution < 1.29 is 14.6 Å². The molecule has 3 N–H and O–H groups in total. The molecule has 0 spiro atoms. The molecular weight excluding hydrogens is 122 g/mol. The van der Waals surface area contributed by atoms with E-state index >= 15 is 0 Å². The van der Waals surface area contributed by atoms with E-state index in [9.17, 15) is 4.79 Å². The summed E-state index contributed by atoms with van der Waals surface area (Å²) in [5.74, 6) is -0.911. The Bertz CT molecular complexity index is 121. The number of rotatable bonds is 2. The molecule has 52 valence electrons. The summed E-state index contributed by atoms with van der Waals surface area (Å²) in [7, 11) is 0. The molecule has 0 aromatic rings. The van der Waals surface area contributed by atoms with Gasteiger partial charge in [-0.05, 0) is 0 Å². The summed E-state index contributed by atoms with van der Waals surface area (Å²) in [6.45, 7) is 0.987. The Morgan fingerprint density at radius 3 is 2.44 bits per heavy atom. The van der Waals surface area contributed by atoms with Crippen LogP contribution in [-0.4, -0.2) is 30.3 Å². The lowest BCUT2D eigenvalue weighted by atomic mass is 9.99. The van der Waals surface area contributed by atoms with Gasteiger partial charge in [0.15, 0.2) is 0 Å². The minimum absolute atomic E-state index is 0.0301. The van der Waals surface area contributed by atoms with Crippen LogP contribution in [0.15, 0.2) is 0 Å². The van der Waals surface area contributed by atoms with Gasteiger partial charge < -0.3 is 15.6 Å². The monoisotopic (exact) mass is 131 g/mol. The van der Waals surface area contributed by atoms with Crippen LogP contribution in [0, 0.1) is 5.92 Å². The van der Waals surface area contributed by atoms with Gasteiger partial charge in [0.2, 0.25) is 0 Å². The molecule has 1 fully saturated rings. The third kappa shape index (κ3) is 1.20. The van der Waals surface area contributed by atoms with Gasteiger partial charge in [0.05, 0.1) is 13.2 Å². The molecule has 1 rings (SSSR count). The molecule has 0 radical (unpaired) electrons. The van der Waals surface area contributed by atoms with Crippen LogP contribution < -0.4 is 5.73 Å². The Labute approximate surface area is 52.6 Å². The minimum atomic E-state index is -0.941. The normalized spacial score (nSPS) is 22.8. The lowest BCUT2D eigenvalue weighted by molar-refractivity contribution is -0.145. The predicted octanol–water partition coefficient (Wildman–Crippen LogP) is -0.955. The van der Waals surface area contributed by atoms with Crippen LogP contribution in [0.5, 0.6) is 0 Å². The van der Waals surface area contributed by atoms with Gasteiger partial charge in [-0.3, -0.25) is 4.79 Å². The van der Waals surface area contributed by atoms with Crippen molar-refractivity contribution in [1.82, 2.24) is 0 Å². The quantitative estimate of drug-likeness (QED) is 0.506. The first-order valence-electron chi connectivity index (χ1n) is 2.78. The minimum Gasteiger partial charge on any atom is -0.480 e. The predicted molar refractivity (Wildman–Crippen MR) is 29.9 cm³/mol.